The molecule has 22 heavy (non-hydrogen) atoms. The number of carboxylic acid groups (broad SMARTS) is 3. The number of hydrogen-bond acceptors (Lipinski definition) is 7. The number of hydrogen-bond donors (Lipinski definition) is 5. The van der Waals surface area contributed by atoms with E-state index in [1.165, 1.54) is 0 Å². The molecule has 0 aromatic heterocycles. The molecular weight excluding hydrogens is 304 g/mol. The molecule has 126 valence electrons. The van der Waals surface area contributed by atoms with Crippen LogP contribution >= 0.6 is 0 Å². The quantitative estimate of drug-likeness (QED) is 0.358. The van der Waals surface area contributed by atoms with E-state index in [9.17, 15) is 29.1 Å². The molecular formula is C12H18O10. The number of aliphatic hydroxyl groups is 2. The van der Waals surface area contributed by atoms with Crippen LogP contribution in [0.25, 0.3) is 0 Å². The summed E-state index contributed by atoms with van der Waals surface area (Å²) < 4.78 is 0. The minimum Gasteiger partial charge on any atom is -0.481 e. The van der Waals surface area contributed by atoms with Gasteiger partial charge in [-0.25, -0.2) is 4.79 Å². The van der Waals surface area contributed by atoms with Crippen molar-refractivity contribution in [1.29, 1.82) is 0 Å². The number of Topliss-reactive ketones (excluding diaryl/α,β-unsaturated/α-hetero) is 2. The molecule has 2 unspecified atom stereocenters. The fourth-order valence-electron chi connectivity index (χ4n) is 1.18. The first-order chi connectivity index (χ1) is 9.81. The molecule has 5 N–H and O–H groups in total. The first-order valence-corrected chi connectivity index (χ1v) is 5.89. The second kappa shape index (κ2) is 9.58. The van der Waals surface area contributed by atoms with E-state index in [4.69, 9.17) is 20.4 Å². The molecule has 0 heterocycles. The van der Waals surface area contributed by atoms with E-state index in [0.29, 0.717) is 0 Å². The molecule has 0 saturated heterocycles. The standard InChI is InChI=1S/C7H10O6.C5H8O4/c1-4(8)2-7(13,6(11)12)3-5(9)10;1-3(6)4(7)2-5(8)9/h13H,2-3H2,1H3,(H,9,10)(H,11,12);4,7H,2H2,1H3,(H,8,9). The van der Waals surface area contributed by atoms with Crippen molar-refractivity contribution in [2.75, 3.05) is 0 Å². The van der Waals surface area contributed by atoms with E-state index in [2.05, 4.69) is 0 Å². The summed E-state index contributed by atoms with van der Waals surface area (Å²) in [5.41, 5.74) is -2.49. The third-order valence-corrected chi connectivity index (χ3v) is 2.22. The summed E-state index contributed by atoms with van der Waals surface area (Å²) in [6.45, 7) is 2.23. The topological polar surface area (TPSA) is 186 Å². The highest BCUT2D eigenvalue weighted by molar-refractivity contribution is 5.90. The molecule has 0 aromatic rings. The monoisotopic (exact) mass is 322 g/mol. The van der Waals surface area contributed by atoms with E-state index in [0.717, 1.165) is 13.8 Å². The van der Waals surface area contributed by atoms with Gasteiger partial charge in [0.2, 0.25) is 0 Å². The highest BCUT2D eigenvalue weighted by Crippen LogP contribution is 2.16. The van der Waals surface area contributed by atoms with E-state index in [1.54, 1.807) is 0 Å². The Labute approximate surface area is 125 Å². The van der Waals surface area contributed by atoms with Crippen LogP contribution in [0.3, 0.4) is 0 Å². The highest BCUT2D eigenvalue weighted by atomic mass is 16.4. The maximum atomic E-state index is 10.5. The Morgan fingerprint density at radius 2 is 1.36 bits per heavy atom. The maximum Gasteiger partial charge on any atom is 0.336 e. The Hall–Kier alpha value is -2.33. The van der Waals surface area contributed by atoms with E-state index in [1.807, 2.05) is 0 Å². The summed E-state index contributed by atoms with van der Waals surface area (Å²) >= 11 is 0. The zero-order chi connectivity index (χ0) is 18.1. The van der Waals surface area contributed by atoms with Gasteiger partial charge in [-0.15, -0.1) is 0 Å². The summed E-state index contributed by atoms with van der Waals surface area (Å²) in [4.78, 5) is 51.1. The summed E-state index contributed by atoms with van der Waals surface area (Å²) in [7, 11) is 0. The van der Waals surface area contributed by atoms with Gasteiger partial charge in [0, 0.05) is 6.42 Å². The molecule has 0 fully saturated rings. The lowest BCUT2D eigenvalue weighted by molar-refractivity contribution is -0.167. The van der Waals surface area contributed by atoms with Crippen LogP contribution in [0.1, 0.15) is 33.1 Å². The minimum absolute atomic E-state index is 0.505. The van der Waals surface area contributed by atoms with Crippen molar-refractivity contribution in [3.63, 3.8) is 0 Å². The number of carboxylic acids is 3. The van der Waals surface area contributed by atoms with Crippen molar-refractivity contribution in [2.45, 2.75) is 44.8 Å². The van der Waals surface area contributed by atoms with Gasteiger partial charge >= 0.3 is 17.9 Å². The summed E-state index contributed by atoms with van der Waals surface area (Å²) in [5.74, 6) is -5.43. The van der Waals surface area contributed by atoms with E-state index in [-0.39, 0.29) is 0 Å². The Morgan fingerprint density at radius 1 is 0.909 bits per heavy atom. The number of rotatable bonds is 8. The number of ketones is 2. The third kappa shape index (κ3) is 10.5. The lowest BCUT2D eigenvalue weighted by Crippen LogP contribution is -2.42. The summed E-state index contributed by atoms with van der Waals surface area (Å²) in [6, 6.07) is 0. The van der Waals surface area contributed by atoms with Gasteiger partial charge in [0.15, 0.2) is 11.4 Å². The van der Waals surface area contributed by atoms with Crippen molar-refractivity contribution in [2.24, 2.45) is 0 Å². The summed E-state index contributed by atoms with van der Waals surface area (Å²) in [5, 5.41) is 42.6. The second-order valence-electron chi connectivity index (χ2n) is 4.51. The van der Waals surface area contributed by atoms with Crippen molar-refractivity contribution in [3.05, 3.63) is 0 Å². The van der Waals surface area contributed by atoms with Crippen LogP contribution in [0.15, 0.2) is 0 Å². The molecule has 0 aliphatic carbocycles. The molecule has 2 atom stereocenters. The van der Waals surface area contributed by atoms with E-state index >= 15 is 0 Å². The van der Waals surface area contributed by atoms with Crippen LogP contribution < -0.4 is 0 Å². The SMILES string of the molecule is CC(=O)C(O)CC(=O)O.CC(=O)CC(O)(CC(=O)O)C(=O)O. The smallest absolute Gasteiger partial charge is 0.336 e. The lowest BCUT2D eigenvalue weighted by Gasteiger charge is -2.19. The van der Waals surface area contributed by atoms with Crippen molar-refractivity contribution in [1.82, 2.24) is 0 Å². The van der Waals surface area contributed by atoms with Gasteiger partial charge in [0.25, 0.3) is 0 Å². The van der Waals surface area contributed by atoms with E-state index < -0.39 is 60.4 Å². The second-order valence-corrected chi connectivity index (χ2v) is 4.51. The van der Waals surface area contributed by atoms with Crippen molar-refractivity contribution >= 4 is 29.5 Å². The molecule has 0 rings (SSSR count). The van der Waals surface area contributed by atoms with Gasteiger partial charge in [-0.05, 0) is 13.8 Å². The molecule has 0 aliphatic rings. The normalized spacial score (nSPS) is 13.8. The lowest BCUT2D eigenvalue weighted by atomic mass is 9.94. The Bertz CT molecular complexity index is 437. The predicted octanol–water partition coefficient (Wildman–Crippen LogP) is -1.33. The molecule has 10 heteroatoms. The van der Waals surface area contributed by atoms with Crippen LogP contribution in [0, 0.1) is 0 Å². The number of aliphatic hydroxyl groups excluding tert-OH is 1. The van der Waals surface area contributed by atoms with Gasteiger partial charge in [0.1, 0.15) is 11.9 Å². The molecule has 0 bridgehead atoms. The molecule has 0 amide bonds. The average molecular weight is 322 g/mol. The third-order valence-electron chi connectivity index (χ3n) is 2.22. The highest BCUT2D eigenvalue weighted by Gasteiger charge is 2.39. The Morgan fingerprint density at radius 3 is 1.55 bits per heavy atom. The van der Waals surface area contributed by atoms with Gasteiger partial charge in [-0.3, -0.25) is 19.2 Å². The molecule has 0 aromatic carbocycles. The van der Waals surface area contributed by atoms with Crippen LogP contribution in [0.2, 0.25) is 0 Å². The van der Waals surface area contributed by atoms with Crippen molar-refractivity contribution < 1.29 is 49.5 Å². The largest absolute Gasteiger partial charge is 0.481 e. The number of carbonyl (C=O) groups is 5. The number of aliphatic carboxylic acids is 3. The van der Waals surface area contributed by atoms with Crippen LogP contribution in [0.5, 0.6) is 0 Å². The number of carbonyl (C=O) groups excluding carboxylic acids is 2. The molecule has 0 saturated carbocycles. The zero-order valence-corrected chi connectivity index (χ0v) is 12.0. The Kier molecular flexibility index (Phi) is 9.56. The molecule has 0 aliphatic heterocycles. The average Bonchev–Trinajstić information content (AvgIpc) is 2.25. The fourth-order valence-corrected chi connectivity index (χ4v) is 1.18. The van der Waals surface area contributed by atoms with Crippen molar-refractivity contribution in [3.8, 4) is 0 Å². The van der Waals surface area contributed by atoms with Gasteiger partial charge in [0.05, 0.1) is 12.8 Å². The molecule has 10 nitrogen and oxygen atoms in total. The predicted molar refractivity (Wildman–Crippen MR) is 69.1 cm³/mol. The Balaban J connectivity index is 0. The fraction of sp³-hybridized carbons (Fsp3) is 0.583. The first kappa shape index (κ1) is 22.0. The molecule has 0 spiro atoms. The van der Waals surface area contributed by atoms with Gasteiger partial charge in [-0.2, -0.15) is 0 Å². The van der Waals surface area contributed by atoms with Crippen LogP contribution in [0.4, 0.5) is 0 Å². The minimum atomic E-state index is -2.49. The van der Waals surface area contributed by atoms with Crippen LogP contribution in [-0.4, -0.2) is 66.7 Å². The van der Waals surface area contributed by atoms with Gasteiger partial charge in [-0.1, -0.05) is 0 Å². The summed E-state index contributed by atoms with van der Waals surface area (Å²) in [6.07, 6.45) is -3.53. The first-order valence-electron chi connectivity index (χ1n) is 5.89. The van der Waals surface area contributed by atoms with Crippen LogP contribution in [-0.2, 0) is 24.0 Å². The van der Waals surface area contributed by atoms with Gasteiger partial charge < -0.3 is 25.5 Å². The zero-order valence-electron chi connectivity index (χ0n) is 12.0. The maximum absolute atomic E-state index is 10.5. The molecule has 0 radical (unpaired) electrons.